The summed E-state index contributed by atoms with van der Waals surface area (Å²) in [7, 11) is 2.00. The molecule has 3 aromatic rings. The monoisotopic (exact) mass is 214 g/mol. The van der Waals surface area contributed by atoms with Crippen LogP contribution >= 0.6 is 0 Å². The highest BCUT2D eigenvalue weighted by molar-refractivity contribution is 5.84. The summed E-state index contributed by atoms with van der Waals surface area (Å²) in [6.07, 6.45) is 2.00. The normalized spacial score (nSPS) is 11.1. The van der Waals surface area contributed by atoms with Gasteiger partial charge in [0, 0.05) is 29.7 Å². The zero-order valence-corrected chi connectivity index (χ0v) is 8.69. The average molecular weight is 214 g/mol. The summed E-state index contributed by atoms with van der Waals surface area (Å²) in [6, 6.07) is 7.98. The maximum Gasteiger partial charge on any atom is 0.340 e. The number of H-pyrrole nitrogens is 2. The van der Waals surface area contributed by atoms with Crippen LogP contribution in [0.25, 0.3) is 22.3 Å². The van der Waals surface area contributed by atoms with Gasteiger partial charge in [-0.05, 0) is 24.3 Å². The number of aryl methyl sites for hydroxylation is 1. The lowest BCUT2D eigenvalue weighted by Crippen LogP contribution is -2.00. The molecule has 0 aliphatic carbocycles. The zero-order chi connectivity index (χ0) is 11.1. The Balaban J connectivity index is 2.22. The molecule has 0 saturated heterocycles. The first-order chi connectivity index (χ1) is 7.74. The van der Waals surface area contributed by atoms with Gasteiger partial charge in [0.05, 0.1) is 0 Å². The first-order valence-corrected chi connectivity index (χ1v) is 4.94. The van der Waals surface area contributed by atoms with E-state index in [1.54, 1.807) is 0 Å². The summed E-state index contributed by atoms with van der Waals surface area (Å²) in [5.74, 6) is 0.566. The Kier molecular flexibility index (Phi) is 1.73. The number of fused-ring (bicyclic) bond motifs is 1. The SMILES string of the molecule is Cn1ccc2cc(-c3n[nH]c(=O)[nH]3)ccc21. The van der Waals surface area contributed by atoms with Crippen LogP contribution in [-0.4, -0.2) is 19.7 Å². The van der Waals surface area contributed by atoms with Crippen LogP contribution in [0.1, 0.15) is 0 Å². The molecule has 0 atom stereocenters. The van der Waals surface area contributed by atoms with E-state index in [9.17, 15) is 4.79 Å². The Morgan fingerprint density at radius 3 is 2.94 bits per heavy atom. The summed E-state index contributed by atoms with van der Waals surface area (Å²) in [5, 5.41) is 7.38. The minimum Gasteiger partial charge on any atom is -0.351 e. The first kappa shape index (κ1) is 8.96. The molecule has 2 N–H and O–H groups in total. The lowest BCUT2D eigenvalue weighted by atomic mass is 10.1. The van der Waals surface area contributed by atoms with Crippen LogP contribution in [0, 0.1) is 0 Å². The number of nitrogens with zero attached hydrogens (tertiary/aromatic N) is 2. The molecule has 0 saturated carbocycles. The maximum atomic E-state index is 11.0. The van der Waals surface area contributed by atoms with Gasteiger partial charge in [0.2, 0.25) is 0 Å². The Hall–Kier alpha value is -2.30. The van der Waals surface area contributed by atoms with Gasteiger partial charge in [0.25, 0.3) is 0 Å². The van der Waals surface area contributed by atoms with Crippen molar-refractivity contribution >= 4 is 10.9 Å². The molecule has 2 heterocycles. The summed E-state index contributed by atoms with van der Waals surface area (Å²) < 4.78 is 2.05. The molecule has 5 nitrogen and oxygen atoms in total. The quantitative estimate of drug-likeness (QED) is 0.640. The van der Waals surface area contributed by atoms with E-state index < -0.39 is 0 Å². The van der Waals surface area contributed by atoms with Gasteiger partial charge in [-0.3, -0.25) is 4.98 Å². The second-order valence-corrected chi connectivity index (χ2v) is 3.73. The van der Waals surface area contributed by atoms with E-state index >= 15 is 0 Å². The largest absolute Gasteiger partial charge is 0.351 e. The van der Waals surface area contributed by atoms with Crippen LogP contribution in [0.15, 0.2) is 35.3 Å². The molecule has 0 unspecified atom stereocenters. The third-order valence-electron chi connectivity index (χ3n) is 2.66. The van der Waals surface area contributed by atoms with Crippen LogP contribution in [0.5, 0.6) is 0 Å². The highest BCUT2D eigenvalue weighted by Gasteiger charge is 2.04. The van der Waals surface area contributed by atoms with Crippen molar-refractivity contribution in [2.24, 2.45) is 7.05 Å². The summed E-state index contributed by atoms with van der Waals surface area (Å²) in [4.78, 5) is 13.6. The van der Waals surface area contributed by atoms with Crippen molar-refractivity contribution in [3.8, 4) is 11.4 Å². The smallest absolute Gasteiger partial charge is 0.340 e. The van der Waals surface area contributed by atoms with E-state index in [2.05, 4.69) is 15.2 Å². The molecule has 0 fully saturated rings. The van der Waals surface area contributed by atoms with E-state index in [-0.39, 0.29) is 5.69 Å². The Morgan fingerprint density at radius 1 is 1.31 bits per heavy atom. The van der Waals surface area contributed by atoms with Gasteiger partial charge in [0.1, 0.15) is 0 Å². The van der Waals surface area contributed by atoms with Crippen molar-refractivity contribution in [1.82, 2.24) is 19.7 Å². The predicted octanol–water partition coefficient (Wildman–Crippen LogP) is 1.26. The van der Waals surface area contributed by atoms with E-state index in [4.69, 9.17) is 0 Å². The third kappa shape index (κ3) is 1.25. The Labute approximate surface area is 90.7 Å². The molecule has 0 aliphatic rings. The lowest BCUT2D eigenvalue weighted by molar-refractivity contribution is 0.969. The standard InChI is InChI=1S/C11H10N4O/c1-15-5-4-7-6-8(2-3-9(7)15)10-12-11(16)14-13-10/h2-6H,1H3,(H2,12,13,14,16). The molecule has 0 bridgehead atoms. The fraction of sp³-hybridized carbons (Fsp3) is 0.0909. The molecule has 0 radical (unpaired) electrons. The minimum absolute atomic E-state index is 0.289. The molecule has 2 aromatic heterocycles. The highest BCUT2D eigenvalue weighted by Crippen LogP contribution is 2.21. The molecule has 80 valence electrons. The Bertz CT molecular complexity index is 704. The van der Waals surface area contributed by atoms with Gasteiger partial charge in [0.15, 0.2) is 5.82 Å². The zero-order valence-electron chi connectivity index (χ0n) is 8.69. The molecule has 1 aromatic carbocycles. The molecule has 0 aliphatic heterocycles. The van der Waals surface area contributed by atoms with Crippen molar-refractivity contribution in [3.63, 3.8) is 0 Å². The van der Waals surface area contributed by atoms with Gasteiger partial charge in [-0.25, -0.2) is 9.89 Å². The fourth-order valence-corrected chi connectivity index (χ4v) is 1.84. The van der Waals surface area contributed by atoms with Gasteiger partial charge in [-0.1, -0.05) is 0 Å². The minimum atomic E-state index is -0.289. The van der Waals surface area contributed by atoms with Crippen molar-refractivity contribution in [1.29, 1.82) is 0 Å². The van der Waals surface area contributed by atoms with Crippen LogP contribution in [0.3, 0.4) is 0 Å². The summed E-state index contributed by atoms with van der Waals surface area (Å²) >= 11 is 0. The average Bonchev–Trinajstić information content (AvgIpc) is 2.86. The summed E-state index contributed by atoms with van der Waals surface area (Å²) in [6.45, 7) is 0. The van der Waals surface area contributed by atoms with Crippen LogP contribution < -0.4 is 5.69 Å². The number of rotatable bonds is 1. The molecule has 0 spiro atoms. The molecule has 0 amide bonds. The predicted molar refractivity (Wildman–Crippen MR) is 61.1 cm³/mol. The fourth-order valence-electron chi connectivity index (χ4n) is 1.84. The van der Waals surface area contributed by atoms with E-state index in [0.29, 0.717) is 5.82 Å². The first-order valence-electron chi connectivity index (χ1n) is 4.94. The van der Waals surface area contributed by atoms with E-state index in [0.717, 1.165) is 16.5 Å². The maximum absolute atomic E-state index is 11.0. The second kappa shape index (κ2) is 3.10. The number of nitrogens with one attached hydrogen (secondary N) is 2. The number of benzene rings is 1. The molecule has 5 heteroatoms. The van der Waals surface area contributed by atoms with Gasteiger partial charge in [-0.15, -0.1) is 0 Å². The van der Waals surface area contributed by atoms with Gasteiger partial charge >= 0.3 is 5.69 Å². The van der Waals surface area contributed by atoms with Crippen LogP contribution in [0.2, 0.25) is 0 Å². The van der Waals surface area contributed by atoms with Crippen molar-refractivity contribution in [3.05, 3.63) is 40.9 Å². The molecular weight excluding hydrogens is 204 g/mol. The van der Waals surface area contributed by atoms with Crippen molar-refractivity contribution in [2.75, 3.05) is 0 Å². The highest BCUT2D eigenvalue weighted by atomic mass is 16.1. The number of aromatic nitrogens is 4. The lowest BCUT2D eigenvalue weighted by Gasteiger charge is -1.98. The third-order valence-corrected chi connectivity index (χ3v) is 2.66. The van der Waals surface area contributed by atoms with Crippen molar-refractivity contribution in [2.45, 2.75) is 0 Å². The second-order valence-electron chi connectivity index (χ2n) is 3.73. The topological polar surface area (TPSA) is 66.5 Å². The molecular formula is C11H10N4O. The molecule has 3 rings (SSSR count). The van der Waals surface area contributed by atoms with Crippen LogP contribution in [0.4, 0.5) is 0 Å². The van der Waals surface area contributed by atoms with Gasteiger partial charge < -0.3 is 4.57 Å². The van der Waals surface area contributed by atoms with E-state index in [1.807, 2.05) is 42.1 Å². The van der Waals surface area contributed by atoms with Crippen LogP contribution in [-0.2, 0) is 7.05 Å². The number of hydrogen-bond donors (Lipinski definition) is 2. The Morgan fingerprint density at radius 2 is 2.19 bits per heavy atom. The van der Waals surface area contributed by atoms with Gasteiger partial charge in [-0.2, -0.15) is 5.10 Å². The number of hydrogen-bond acceptors (Lipinski definition) is 2. The van der Waals surface area contributed by atoms with E-state index in [1.165, 1.54) is 0 Å². The van der Waals surface area contributed by atoms with Crippen molar-refractivity contribution < 1.29 is 0 Å². The molecule has 16 heavy (non-hydrogen) atoms. The number of aromatic amines is 2. The summed E-state index contributed by atoms with van der Waals surface area (Å²) in [5.41, 5.74) is 1.77.